The number of methoxy groups -OCH3 is 1. The van der Waals surface area contributed by atoms with E-state index in [0.717, 1.165) is 38.1 Å². The highest BCUT2D eigenvalue weighted by Crippen LogP contribution is 2.18. The number of halogens is 2. The molecule has 0 aliphatic heterocycles. The summed E-state index contributed by atoms with van der Waals surface area (Å²) in [5.74, 6) is -0.366. The Labute approximate surface area is 119 Å². The van der Waals surface area contributed by atoms with E-state index in [1.54, 1.807) is 19.2 Å². The van der Waals surface area contributed by atoms with Gasteiger partial charge in [0.1, 0.15) is 5.82 Å². The first kappa shape index (κ1) is 16.2. The Balaban J connectivity index is 2.32. The number of allylic oxidation sites excluding steroid dienone is 1. The normalized spacial score (nSPS) is 11.9. The zero-order valence-corrected chi connectivity index (χ0v) is 12.3. The van der Waals surface area contributed by atoms with E-state index in [2.05, 4.69) is 18.3 Å². The van der Waals surface area contributed by atoms with Gasteiger partial charge in [-0.1, -0.05) is 29.3 Å². The third-order valence-electron chi connectivity index (χ3n) is 2.76. The second-order valence-electron chi connectivity index (χ2n) is 4.51. The maximum atomic E-state index is 13.0. The summed E-state index contributed by atoms with van der Waals surface area (Å²) in [6.07, 6.45) is 3.97. The van der Waals surface area contributed by atoms with Gasteiger partial charge in [0.2, 0.25) is 0 Å². The first-order valence-corrected chi connectivity index (χ1v) is 6.80. The molecule has 0 unspecified atom stereocenters. The van der Waals surface area contributed by atoms with Crippen molar-refractivity contribution in [1.29, 1.82) is 0 Å². The topological polar surface area (TPSA) is 21.3 Å². The summed E-state index contributed by atoms with van der Waals surface area (Å²) in [6.45, 7) is 4.62. The number of hydrogen-bond acceptors (Lipinski definition) is 2. The van der Waals surface area contributed by atoms with Crippen LogP contribution in [0.3, 0.4) is 0 Å². The Morgan fingerprint density at radius 3 is 2.89 bits per heavy atom. The summed E-state index contributed by atoms with van der Waals surface area (Å²) in [5, 5.41) is 3.47. The van der Waals surface area contributed by atoms with Crippen molar-refractivity contribution in [2.45, 2.75) is 19.8 Å². The van der Waals surface area contributed by atoms with Crippen LogP contribution in [-0.2, 0) is 11.2 Å². The molecule has 0 atom stereocenters. The van der Waals surface area contributed by atoms with Crippen LogP contribution in [0.1, 0.15) is 18.9 Å². The van der Waals surface area contributed by atoms with Crippen molar-refractivity contribution in [3.8, 4) is 0 Å². The molecule has 1 N–H and O–H groups in total. The molecule has 0 aromatic heterocycles. The zero-order valence-electron chi connectivity index (χ0n) is 11.5. The van der Waals surface area contributed by atoms with Gasteiger partial charge in [-0.3, -0.25) is 0 Å². The molecule has 0 spiro atoms. The maximum Gasteiger partial charge on any atom is 0.141 e. The van der Waals surface area contributed by atoms with E-state index in [-0.39, 0.29) is 10.8 Å². The molecule has 0 amide bonds. The molecule has 4 heteroatoms. The third-order valence-corrected chi connectivity index (χ3v) is 3.05. The number of ether oxygens (including phenoxy) is 1. The molecule has 106 valence electrons. The molecule has 0 bridgehead atoms. The minimum absolute atomic E-state index is 0.187. The summed E-state index contributed by atoms with van der Waals surface area (Å²) >= 11 is 5.76. The van der Waals surface area contributed by atoms with Gasteiger partial charge >= 0.3 is 0 Å². The first-order valence-electron chi connectivity index (χ1n) is 6.42. The van der Waals surface area contributed by atoms with E-state index in [4.69, 9.17) is 16.3 Å². The van der Waals surface area contributed by atoms with E-state index in [0.29, 0.717) is 0 Å². The predicted octanol–water partition coefficient (Wildman–Crippen LogP) is 3.59. The molecular weight excluding hydrogens is 265 g/mol. The van der Waals surface area contributed by atoms with Gasteiger partial charge in [0, 0.05) is 13.7 Å². The molecule has 0 aliphatic rings. The Hall–Kier alpha value is -0.900. The molecule has 0 saturated carbocycles. The average Bonchev–Trinajstić information content (AvgIpc) is 2.38. The summed E-state index contributed by atoms with van der Waals surface area (Å²) in [6, 6.07) is 4.87. The molecule has 0 heterocycles. The van der Waals surface area contributed by atoms with Gasteiger partial charge in [-0.25, -0.2) is 4.39 Å². The molecular formula is C15H21ClFNO. The van der Waals surface area contributed by atoms with E-state index in [1.165, 1.54) is 11.6 Å². The highest BCUT2D eigenvalue weighted by atomic mass is 35.5. The van der Waals surface area contributed by atoms with Crippen molar-refractivity contribution in [2.24, 2.45) is 0 Å². The molecule has 1 aromatic carbocycles. The molecule has 0 saturated heterocycles. The summed E-state index contributed by atoms with van der Waals surface area (Å²) in [5.41, 5.74) is 2.30. The number of nitrogens with one attached hydrogen (secondary N) is 1. The minimum Gasteiger partial charge on any atom is -0.383 e. The lowest BCUT2D eigenvalue weighted by molar-refractivity contribution is 0.199. The molecule has 0 fully saturated rings. The minimum atomic E-state index is -0.366. The van der Waals surface area contributed by atoms with Crippen molar-refractivity contribution >= 4 is 11.6 Å². The van der Waals surface area contributed by atoms with Crippen molar-refractivity contribution in [1.82, 2.24) is 5.32 Å². The zero-order chi connectivity index (χ0) is 14.1. The molecule has 1 rings (SSSR count). The summed E-state index contributed by atoms with van der Waals surface area (Å²) in [7, 11) is 1.69. The van der Waals surface area contributed by atoms with E-state index >= 15 is 0 Å². The molecule has 19 heavy (non-hydrogen) atoms. The van der Waals surface area contributed by atoms with Crippen LogP contribution in [0.25, 0.3) is 0 Å². The van der Waals surface area contributed by atoms with Crippen LogP contribution in [0.4, 0.5) is 4.39 Å². The first-order chi connectivity index (χ1) is 9.13. The molecule has 1 aromatic rings. The van der Waals surface area contributed by atoms with Crippen LogP contribution in [0.15, 0.2) is 29.8 Å². The fourth-order valence-electron chi connectivity index (χ4n) is 1.76. The lowest BCUT2D eigenvalue weighted by Crippen LogP contribution is -2.19. The molecule has 0 aliphatic carbocycles. The Morgan fingerprint density at radius 2 is 2.21 bits per heavy atom. The highest BCUT2D eigenvalue weighted by Gasteiger charge is 2.01. The number of benzene rings is 1. The van der Waals surface area contributed by atoms with E-state index < -0.39 is 0 Å². The van der Waals surface area contributed by atoms with Crippen molar-refractivity contribution in [3.05, 3.63) is 46.3 Å². The van der Waals surface area contributed by atoms with Gasteiger partial charge in [-0.2, -0.15) is 0 Å². The summed E-state index contributed by atoms with van der Waals surface area (Å²) < 4.78 is 18.0. The van der Waals surface area contributed by atoms with Gasteiger partial charge in [-0.05, 0) is 44.0 Å². The van der Waals surface area contributed by atoms with Crippen LogP contribution in [0.5, 0.6) is 0 Å². The Kier molecular flexibility index (Phi) is 7.72. The quantitative estimate of drug-likeness (QED) is 0.582. The maximum absolute atomic E-state index is 13.0. The Bertz CT molecular complexity index is 421. The van der Waals surface area contributed by atoms with Crippen molar-refractivity contribution in [2.75, 3.05) is 26.8 Å². The van der Waals surface area contributed by atoms with Gasteiger partial charge in [0.15, 0.2) is 0 Å². The fraction of sp³-hybridized carbons (Fsp3) is 0.467. The van der Waals surface area contributed by atoms with Crippen LogP contribution in [0.2, 0.25) is 5.02 Å². The van der Waals surface area contributed by atoms with Crippen LogP contribution in [0, 0.1) is 5.82 Å². The fourth-order valence-corrected chi connectivity index (χ4v) is 1.97. The van der Waals surface area contributed by atoms with Gasteiger partial charge in [-0.15, -0.1) is 0 Å². The van der Waals surface area contributed by atoms with Crippen molar-refractivity contribution < 1.29 is 9.13 Å². The number of hydrogen-bond donors (Lipinski definition) is 1. The standard InChI is InChI=1S/C15H21ClFNO/c1-12(4-3-7-18-8-9-19-2)10-13-5-6-15(17)14(16)11-13/h4-6,11,18H,3,7-10H2,1-2H3/b12-4-. The predicted molar refractivity (Wildman–Crippen MR) is 78.2 cm³/mol. The van der Waals surface area contributed by atoms with Gasteiger partial charge in [0.25, 0.3) is 0 Å². The second kappa shape index (κ2) is 9.08. The number of rotatable bonds is 8. The van der Waals surface area contributed by atoms with Crippen LogP contribution >= 0.6 is 11.6 Å². The van der Waals surface area contributed by atoms with Crippen LogP contribution in [-0.4, -0.2) is 26.8 Å². The Morgan fingerprint density at radius 1 is 1.42 bits per heavy atom. The second-order valence-corrected chi connectivity index (χ2v) is 4.91. The lowest BCUT2D eigenvalue weighted by atomic mass is 10.1. The highest BCUT2D eigenvalue weighted by molar-refractivity contribution is 6.30. The molecule has 0 radical (unpaired) electrons. The SMILES string of the molecule is COCCNCC/C=C(/C)Cc1ccc(F)c(Cl)c1. The average molecular weight is 286 g/mol. The van der Waals surface area contributed by atoms with E-state index in [1.807, 2.05) is 0 Å². The van der Waals surface area contributed by atoms with Crippen molar-refractivity contribution in [3.63, 3.8) is 0 Å². The van der Waals surface area contributed by atoms with Gasteiger partial charge in [0.05, 0.1) is 11.6 Å². The summed E-state index contributed by atoms with van der Waals surface area (Å²) in [4.78, 5) is 0. The largest absolute Gasteiger partial charge is 0.383 e. The molecule has 2 nitrogen and oxygen atoms in total. The lowest BCUT2D eigenvalue weighted by Gasteiger charge is -2.05. The van der Waals surface area contributed by atoms with Crippen LogP contribution < -0.4 is 5.32 Å². The smallest absolute Gasteiger partial charge is 0.141 e. The third kappa shape index (κ3) is 6.71. The van der Waals surface area contributed by atoms with Gasteiger partial charge < -0.3 is 10.1 Å². The van der Waals surface area contributed by atoms with E-state index in [9.17, 15) is 4.39 Å². The monoisotopic (exact) mass is 285 g/mol.